The van der Waals surface area contributed by atoms with Crippen LogP contribution < -0.4 is 0 Å². The second-order valence-corrected chi connectivity index (χ2v) is 3.77. The van der Waals surface area contributed by atoms with Gasteiger partial charge in [0.1, 0.15) is 5.82 Å². The molecule has 0 aliphatic rings. The molecule has 66 valence electrons. The van der Waals surface area contributed by atoms with Crippen molar-refractivity contribution in [3.63, 3.8) is 0 Å². The Kier molecular flexibility index (Phi) is 2.04. The number of benzene rings is 1. The maximum absolute atomic E-state index is 13.0. The van der Waals surface area contributed by atoms with Crippen LogP contribution in [0.25, 0.3) is 10.9 Å². The topological polar surface area (TPSA) is 12.9 Å². The molecule has 2 aromatic rings. The van der Waals surface area contributed by atoms with E-state index in [-0.39, 0.29) is 5.82 Å². The fraction of sp³-hybridized carbons (Fsp3) is 0.100. The van der Waals surface area contributed by atoms with Crippen LogP contribution in [0.3, 0.4) is 0 Å². The minimum absolute atomic E-state index is 0.223. The first kappa shape index (κ1) is 8.63. The Morgan fingerprint density at radius 3 is 2.92 bits per heavy atom. The van der Waals surface area contributed by atoms with Crippen molar-refractivity contribution >= 4 is 26.8 Å². The molecule has 0 bridgehead atoms. The summed E-state index contributed by atoms with van der Waals surface area (Å²) in [4.78, 5) is 4.19. The van der Waals surface area contributed by atoms with Crippen LogP contribution in [0, 0.1) is 12.7 Å². The van der Waals surface area contributed by atoms with Gasteiger partial charge in [-0.25, -0.2) is 4.39 Å². The van der Waals surface area contributed by atoms with E-state index in [1.54, 1.807) is 12.3 Å². The molecule has 1 aromatic heterocycles. The first-order valence-electron chi connectivity index (χ1n) is 3.89. The van der Waals surface area contributed by atoms with Gasteiger partial charge in [0.2, 0.25) is 0 Å². The zero-order valence-corrected chi connectivity index (χ0v) is 8.60. The Hall–Kier alpha value is -0.960. The number of hydrogen-bond donors (Lipinski definition) is 0. The summed E-state index contributed by atoms with van der Waals surface area (Å²) < 4.78 is 13.9. The number of fused-ring (bicyclic) bond motifs is 1. The van der Waals surface area contributed by atoms with E-state index >= 15 is 0 Å². The van der Waals surface area contributed by atoms with Crippen LogP contribution in [-0.2, 0) is 0 Å². The highest BCUT2D eigenvalue weighted by molar-refractivity contribution is 9.10. The van der Waals surface area contributed by atoms with Gasteiger partial charge < -0.3 is 0 Å². The van der Waals surface area contributed by atoms with Crippen molar-refractivity contribution in [2.45, 2.75) is 6.92 Å². The molecular formula is C10H7BrFN. The molecule has 1 nitrogen and oxygen atoms in total. The third-order valence-corrected chi connectivity index (χ3v) is 2.64. The SMILES string of the molecule is Cc1cc(F)cc2c(Br)ccnc12. The molecule has 0 atom stereocenters. The van der Waals surface area contributed by atoms with Crippen LogP contribution in [0.15, 0.2) is 28.9 Å². The van der Waals surface area contributed by atoms with E-state index in [9.17, 15) is 4.39 Å². The van der Waals surface area contributed by atoms with Crippen molar-refractivity contribution < 1.29 is 4.39 Å². The number of hydrogen-bond acceptors (Lipinski definition) is 1. The lowest BCUT2D eigenvalue weighted by atomic mass is 10.1. The quantitative estimate of drug-likeness (QED) is 0.687. The molecule has 13 heavy (non-hydrogen) atoms. The van der Waals surface area contributed by atoms with E-state index in [1.165, 1.54) is 12.1 Å². The van der Waals surface area contributed by atoms with Gasteiger partial charge in [-0.15, -0.1) is 0 Å². The standard InChI is InChI=1S/C10H7BrFN/c1-6-4-7(12)5-8-9(11)2-3-13-10(6)8/h2-5H,1H3. The lowest BCUT2D eigenvalue weighted by molar-refractivity contribution is 0.628. The van der Waals surface area contributed by atoms with Gasteiger partial charge in [-0.3, -0.25) is 4.98 Å². The van der Waals surface area contributed by atoms with Gasteiger partial charge in [-0.05, 0) is 30.7 Å². The highest BCUT2D eigenvalue weighted by Gasteiger charge is 2.03. The third-order valence-electron chi connectivity index (χ3n) is 1.95. The predicted octanol–water partition coefficient (Wildman–Crippen LogP) is 3.44. The predicted molar refractivity (Wildman–Crippen MR) is 54.1 cm³/mol. The molecule has 0 saturated carbocycles. The first-order valence-corrected chi connectivity index (χ1v) is 4.68. The Bertz CT molecular complexity index is 468. The average Bonchev–Trinajstić information content (AvgIpc) is 2.07. The number of halogens is 2. The van der Waals surface area contributed by atoms with Gasteiger partial charge in [0.15, 0.2) is 0 Å². The molecule has 0 fully saturated rings. The molecule has 0 amide bonds. The number of nitrogens with zero attached hydrogens (tertiary/aromatic N) is 1. The van der Waals surface area contributed by atoms with Crippen LogP contribution in [0.1, 0.15) is 5.56 Å². The molecule has 0 N–H and O–H groups in total. The fourth-order valence-electron chi connectivity index (χ4n) is 1.36. The maximum Gasteiger partial charge on any atom is 0.124 e. The maximum atomic E-state index is 13.0. The third kappa shape index (κ3) is 1.44. The number of aromatic nitrogens is 1. The van der Waals surface area contributed by atoms with Gasteiger partial charge in [-0.1, -0.05) is 15.9 Å². The summed E-state index contributed by atoms with van der Waals surface area (Å²) in [6.45, 7) is 1.85. The van der Waals surface area contributed by atoms with Crippen molar-refractivity contribution in [2.75, 3.05) is 0 Å². The Balaban J connectivity index is 2.94. The second-order valence-electron chi connectivity index (χ2n) is 2.91. The monoisotopic (exact) mass is 239 g/mol. The molecule has 0 unspecified atom stereocenters. The van der Waals surface area contributed by atoms with Crippen molar-refractivity contribution in [2.24, 2.45) is 0 Å². The van der Waals surface area contributed by atoms with Gasteiger partial charge in [-0.2, -0.15) is 0 Å². The van der Waals surface area contributed by atoms with Crippen LogP contribution in [0.4, 0.5) is 4.39 Å². The fourth-order valence-corrected chi connectivity index (χ4v) is 1.78. The summed E-state index contributed by atoms with van der Waals surface area (Å²) in [6.07, 6.45) is 1.71. The van der Waals surface area contributed by atoms with E-state index in [0.29, 0.717) is 0 Å². The van der Waals surface area contributed by atoms with Crippen molar-refractivity contribution in [1.29, 1.82) is 0 Å². The minimum atomic E-state index is -0.223. The Labute approximate surface area is 83.7 Å². The van der Waals surface area contributed by atoms with Crippen molar-refractivity contribution in [3.05, 3.63) is 40.2 Å². The summed E-state index contributed by atoms with van der Waals surface area (Å²) in [5.41, 5.74) is 1.70. The van der Waals surface area contributed by atoms with Crippen LogP contribution in [-0.4, -0.2) is 4.98 Å². The zero-order chi connectivity index (χ0) is 9.42. The molecule has 0 saturated heterocycles. The minimum Gasteiger partial charge on any atom is -0.256 e. The molecule has 1 aromatic carbocycles. The van der Waals surface area contributed by atoms with Gasteiger partial charge >= 0.3 is 0 Å². The molecule has 0 aliphatic heterocycles. The smallest absolute Gasteiger partial charge is 0.124 e. The summed E-state index contributed by atoms with van der Waals surface area (Å²) in [5, 5.41) is 0.819. The summed E-state index contributed by atoms with van der Waals surface area (Å²) in [5.74, 6) is -0.223. The van der Waals surface area contributed by atoms with E-state index in [4.69, 9.17) is 0 Å². The Morgan fingerprint density at radius 1 is 1.38 bits per heavy atom. The molecule has 0 radical (unpaired) electrons. The lowest BCUT2D eigenvalue weighted by Crippen LogP contribution is -1.86. The van der Waals surface area contributed by atoms with E-state index in [0.717, 1.165) is 20.9 Å². The zero-order valence-electron chi connectivity index (χ0n) is 7.01. The van der Waals surface area contributed by atoms with Crippen molar-refractivity contribution in [1.82, 2.24) is 4.98 Å². The van der Waals surface area contributed by atoms with Gasteiger partial charge in [0, 0.05) is 16.1 Å². The van der Waals surface area contributed by atoms with Gasteiger partial charge in [0.05, 0.1) is 5.52 Å². The first-order chi connectivity index (χ1) is 6.18. The molecular weight excluding hydrogens is 233 g/mol. The summed E-state index contributed by atoms with van der Waals surface area (Å²) in [6, 6.07) is 4.78. The summed E-state index contributed by atoms with van der Waals surface area (Å²) in [7, 11) is 0. The van der Waals surface area contributed by atoms with Gasteiger partial charge in [0.25, 0.3) is 0 Å². The van der Waals surface area contributed by atoms with E-state index in [1.807, 2.05) is 6.92 Å². The molecule has 2 rings (SSSR count). The highest BCUT2D eigenvalue weighted by atomic mass is 79.9. The van der Waals surface area contributed by atoms with Crippen LogP contribution >= 0.6 is 15.9 Å². The second kappa shape index (κ2) is 3.07. The molecule has 0 spiro atoms. The average molecular weight is 240 g/mol. The summed E-state index contributed by atoms with van der Waals surface area (Å²) >= 11 is 3.36. The highest BCUT2D eigenvalue weighted by Crippen LogP contribution is 2.25. The largest absolute Gasteiger partial charge is 0.256 e. The molecule has 0 aliphatic carbocycles. The van der Waals surface area contributed by atoms with E-state index < -0.39 is 0 Å². The van der Waals surface area contributed by atoms with Crippen LogP contribution in [0.2, 0.25) is 0 Å². The van der Waals surface area contributed by atoms with E-state index in [2.05, 4.69) is 20.9 Å². The Morgan fingerprint density at radius 2 is 2.15 bits per heavy atom. The van der Waals surface area contributed by atoms with Crippen molar-refractivity contribution in [3.8, 4) is 0 Å². The number of pyridine rings is 1. The number of rotatable bonds is 0. The molecule has 1 heterocycles. The normalized spacial score (nSPS) is 10.7. The van der Waals surface area contributed by atoms with Crippen LogP contribution in [0.5, 0.6) is 0 Å². The lowest BCUT2D eigenvalue weighted by Gasteiger charge is -2.02. The number of aryl methyl sites for hydroxylation is 1. The molecule has 3 heteroatoms.